The van der Waals surface area contributed by atoms with Crippen LogP contribution in [-0.4, -0.2) is 78.6 Å². The first-order valence-electron chi connectivity index (χ1n) is 18.9. The lowest BCUT2D eigenvalue weighted by Crippen LogP contribution is -2.40. The van der Waals surface area contributed by atoms with E-state index in [9.17, 15) is 9.59 Å². The normalized spacial score (nSPS) is 18.3. The van der Waals surface area contributed by atoms with Crippen LogP contribution in [0.4, 0.5) is 0 Å². The van der Waals surface area contributed by atoms with E-state index in [0.29, 0.717) is 6.54 Å². The lowest BCUT2D eigenvalue weighted by molar-refractivity contribution is -0.137. The molecule has 6 aromatic rings. The number of rotatable bonds is 10. The van der Waals surface area contributed by atoms with Gasteiger partial charge in [-0.05, 0) is 75.5 Å². The lowest BCUT2D eigenvalue weighted by atomic mass is 9.99. The third-order valence-corrected chi connectivity index (χ3v) is 11.0. The van der Waals surface area contributed by atoms with Crippen LogP contribution in [0.2, 0.25) is 0 Å². The first kappa shape index (κ1) is 35.2. The molecule has 0 unspecified atom stereocenters. The van der Waals surface area contributed by atoms with Gasteiger partial charge in [0.2, 0.25) is 11.8 Å². The monoisotopic (exact) mass is 718 g/mol. The fourth-order valence-electron chi connectivity index (χ4n) is 8.07. The number of carbonyl (C=O) groups is 2. The quantitative estimate of drug-likeness (QED) is 0.149. The van der Waals surface area contributed by atoms with Gasteiger partial charge in [-0.1, -0.05) is 84.9 Å². The molecule has 5 heterocycles. The smallest absolute Gasteiger partial charge is 0.245 e. The van der Waals surface area contributed by atoms with Crippen LogP contribution in [0.15, 0.2) is 116 Å². The minimum absolute atomic E-state index is 0.0555. The molecule has 0 radical (unpaired) electrons. The molecule has 2 aliphatic heterocycles. The first-order chi connectivity index (χ1) is 26.4. The fourth-order valence-corrected chi connectivity index (χ4v) is 8.07. The number of H-pyrrole nitrogens is 2. The number of amides is 2. The molecule has 0 aliphatic carbocycles. The van der Waals surface area contributed by atoms with Gasteiger partial charge in [0.25, 0.3) is 0 Å². The lowest BCUT2D eigenvalue weighted by Gasteiger charge is -2.31. The highest BCUT2D eigenvalue weighted by Crippen LogP contribution is 2.36. The van der Waals surface area contributed by atoms with Gasteiger partial charge in [-0.3, -0.25) is 19.5 Å². The van der Waals surface area contributed by atoms with Gasteiger partial charge in [-0.25, -0.2) is 9.97 Å². The molecule has 3 aromatic carbocycles. The molecular formula is C44H46N8O2. The average molecular weight is 719 g/mol. The number of likely N-dealkylation sites (tertiary alicyclic amines) is 2. The number of aromatic amines is 2. The molecule has 2 amide bonds. The van der Waals surface area contributed by atoms with Crippen LogP contribution >= 0.6 is 0 Å². The molecule has 0 saturated carbocycles. The molecule has 10 nitrogen and oxygen atoms in total. The molecular weight excluding hydrogens is 673 g/mol. The zero-order valence-electron chi connectivity index (χ0n) is 31.0. The summed E-state index contributed by atoms with van der Waals surface area (Å²) in [4.78, 5) is 54.6. The Balaban J connectivity index is 0.925. The Labute approximate surface area is 316 Å². The zero-order valence-corrected chi connectivity index (χ0v) is 31.0. The Bertz CT molecular complexity index is 2190. The van der Waals surface area contributed by atoms with Crippen LogP contribution in [0.25, 0.3) is 33.8 Å². The molecule has 10 heteroatoms. The standard InChI is InChI=1S/C44H46N8O2/c1-29(30-12-6-4-7-13-30)43(53)51-24-10-16-38(51)41-46-27-36(48-41)32-20-18-31(19-21-32)35-23-22-34(26-45-35)37-28-47-42(49-37)39-17-11-25-52(39)44(54)40(50(2)3)33-14-8-5-9-15-33/h4-9,12-15,18-23,26-29,38-40H,10-11,16-17,24-25H2,1-3H3,(H,46,48)(H,47,49)/t29-,38+,39+,40-/m1/s1. The summed E-state index contributed by atoms with van der Waals surface area (Å²) < 4.78 is 0. The Morgan fingerprint density at radius 2 is 1.15 bits per heavy atom. The highest BCUT2D eigenvalue weighted by molar-refractivity contribution is 5.84. The van der Waals surface area contributed by atoms with Gasteiger partial charge >= 0.3 is 0 Å². The van der Waals surface area contributed by atoms with E-state index < -0.39 is 0 Å². The van der Waals surface area contributed by atoms with Crippen LogP contribution in [-0.2, 0) is 9.59 Å². The van der Waals surface area contributed by atoms with E-state index in [-0.39, 0.29) is 35.9 Å². The highest BCUT2D eigenvalue weighted by Gasteiger charge is 2.37. The molecule has 8 rings (SSSR count). The van der Waals surface area contributed by atoms with Crippen molar-refractivity contribution in [3.8, 4) is 33.8 Å². The molecule has 2 aliphatic rings. The van der Waals surface area contributed by atoms with E-state index in [4.69, 9.17) is 15.0 Å². The minimum atomic E-state index is -0.349. The summed E-state index contributed by atoms with van der Waals surface area (Å²) in [6.45, 7) is 3.44. The second kappa shape index (κ2) is 15.2. The van der Waals surface area contributed by atoms with Crippen molar-refractivity contribution in [3.05, 3.63) is 138 Å². The van der Waals surface area contributed by atoms with Crippen LogP contribution in [0.3, 0.4) is 0 Å². The minimum Gasteiger partial charge on any atom is -0.340 e. The summed E-state index contributed by atoms with van der Waals surface area (Å²) in [5.74, 6) is 1.67. The molecule has 3 aromatic heterocycles. The van der Waals surface area contributed by atoms with Gasteiger partial charge in [-0.2, -0.15) is 0 Å². The Hall–Kier alpha value is -5.87. The van der Waals surface area contributed by atoms with Crippen LogP contribution in [0.5, 0.6) is 0 Å². The number of pyridine rings is 1. The van der Waals surface area contributed by atoms with E-state index in [2.05, 4.69) is 40.3 Å². The van der Waals surface area contributed by atoms with Crippen molar-refractivity contribution >= 4 is 11.8 Å². The van der Waals surface area contributed by atoms with Crippen molar-refractivity contribution < 1.29 is 9.59 Å². The summed E-state index contributed by atoms with van der Waals surface area (Å²) in [7, 11) is 3.91. The van der Waals surface area contributed by atoms with Gasteiger partial charge in [0.15, 0.2) is 0 Å². The number of carbonyl (C=O) groups excluding carboxylic acids is 2. The third kappa shape index (κ3) is 6.97. The summed E-state index contributed by atoms with van der Waals surface area (Å²) in [6.07, 6.45) is 9.23. The van der Waals surface area contributed by atoms with E-state index in [1.807, 2.05) is 121 Å². The van der Waals surface area contributed by atoms with Crippen molar-refractivity contribution in [2.24, 2.45) is 0 Å². The van der Waals surface area contributed by atoms with Gasteiger partial charge in [0, 0.05) is 30.4 Å². The van der Waals surface area contributed by atoms with E-state index in [1.165, 1.54) is 0 Å². The molecule has 0 bridgehead atoms. The predicted molar refractivity (Wildman–Crippen MR) is 210 cm³/mol. The zero-order chi connectivity index (χ0) is 37.2. The van der Waals surface area contributed by atoms with Crippen LogP contribution in [0, 0.1) is 0 Å². The van der Waals surface area contributed by atoms with E-state index >= 15 is 0 Å². The fraction of sp³-hybridized carbons (Fsp3) is 0.295. The molecule has 0 spiro atoms. The summed E-state index contributed by atoms with van der Waals surface area (Å²) >= 11 is 0. The predicted octanol–water partition coefficient (Wildman–Crippen LogP) is 7.96. The number of hydrogen-bond donors (Lipinski definition) is 2. The molecule has 2 saturated heterocycles. The van der Waals surface area contributed by atoms with E-state index in [0.717, 1.165) is 88.8 Å². The largest absolute Gasteiger partial charge is 0.340 e. The van der Waals surface area contributed by atoms with Crippen molar-refractivity contribution in [1.82, 2.24) is 39.6 Å². The number of nitrogens with one attached hydrogen (secondary N) is 2. The van der Waals surface area contributed by atoms with Crippen LogP contribution in [0.1, 0.15) is 79.4 Å². The van der Waals surface area contributed by atoms with Gasteiger partial charge in [0.1, 0.15) is 17.7 Å². The van der Waals surface area contributed by atoms with Gasteiger partial charge in [0.05, 0.1) is 47.5 Å². The Kier molecular flexibility index (Phi) is 9.93. The molecule has 54 heavy (non-hydrogen) atoms. The second-order valence-corrected chi connectivity index (χ2v) is 14.7. The van der Waals surface area contributed by atoms with Gasteiger partial charge in [-0.15, -0.1) is 0 Å². The number of benzene rings is 3. The summed E-state index contributed by atoms with van der Waals surface area (Å²) in [5, 5.41) is 0. The average Bonchev–Trinajstić information content (AvgIpc) is 4.05. The van der Waals surface area contributed by atoms with Crippen molar-refractivity contribution in [1.29, 1.82) is 0 Å². The number of imidazole rings is 2. The molecule has 2 N–H and O–H groups in total. The second-order valence-electron chi connectivity index (χ2n) is 14.7. The number of likely N-dealkylation sites (N-methyl/N-ethyl adjacent to an activating group) is 1. The molecule has 4 atom stereocenters. The maximum Gasteiger partial charge on any atom is 0.245 e. The molecule has 274 valence electrons. The van der Waals surface area contributed by atoms with Crippen LogP contribution < -0.4 is 0 Å². The SMILES string of the molecule is C[C@@H](C(=O)N1CCC[C@H]1c1ncc(-c2ccc(-c3ccc(-c4cnc([C@@H]5CCCN5C(=O)[C@@H](c5ccccc5)N(C)C)[nH]4)cn3)cc2)[nH]1)c1ccccc1. The maximum absolute atomic E-state index is 13.9. The van der Waals surface area contributed by atoms with E-state index in [1.54, 1.807) is 0 Å². The highest BCUT2D eigenvalue weighted by atomic mass is 16.2. The molecule has 2 fully saturated rings. The van der Waals surface area contributed by atoms with Crippen molar-refractivity contribution in [2.75, 3.05) is 27.2 Å². The van der Waals surface area contributed by atoms with Crippen molar-refractivity contribution in [2.45, 2.75) is 56.7 Å². The van der Waals surface area contributed by atoms with Crippen molar-refractivity contribution in [3.63, 3.8) is 0 Å². The Morgan fingerprint density at radius 3 is 1.70 bits per heavy atom. The number of hydrogen-bond acceptors (Lipinski definition) is 6. The number of nitrogens with zero attached hydrogens (tertiary/aromatic N) is 6. The first-order valence-corrected chi connectivity index (χ1v) is 18.9. The Morgan fingerprint density at radius 1 is 0.630 bits per heavy atom. The summed E-state index contributed by atoms with van der Waals surface area (Å²) in [6, 6.07) is 31.8. The third-order valence-electron chi connectivity index (χ3n) is 11.0. The number of aromatic nitrogens is 5. The maximum atomic E-state index is 13.9. The van der Waals surface area contributed by atoms with Gasteiger partial charge < -0.3 is 19.8 Å². The summed E-state index contributed by atoms with van der Waals surface area (Å²) in [5.41, 5.74) is 7.65. The topological polar surface area (TPSA) is 114 Å².